The van der Waals surface area contributed by atoms with E-state index in [2.05, 4.69) is 21.2 Å². The van der Waals surface area contributed by atoms with Crippen LogP contribution in [0.5, 0.6) is 0 Å². The minimum absolute atomic E-state index is 0.285. The summed E-state index contributed by atoms with van der Waals surface area (Å²) in [5.41, 5.74) is -0.252. The van der Waals surface area contributed by atoms with Gasteiger partial charge in [-0.3, -0.25) is 0 Å². The van der Waals surface area contributed by atoms with Crippen molar-refractivity contribution in [2.24, 2.45) is 0 Å². The summed E-state index contributed by atoms with van der Waals surface area (Å²) in [7, 11) is 0. The molecule has 88 valence electrons. The molecule has 0 radical (unpaired) electrons. The van der Waals surface area contributed by atoms with E-state index in [0.717, 1.165) is 18.9 Å². The van der Waals surface area contributed by atoms with Gasteiger partial charge >= 0.3 is 6.18 Å². The molecule has 0 amide bonds. The Kier molecular flexibility index (Phi) is 3.26. The fourth-order valence-electron chi connectivity index (χ4n) is 1.51. The molecule has 0 spiro atoms. The second-order valence-corrected chi connectivity index (χ2v) is 4.87. The molecule has 0 unspecified atom stereocenters. The van der Waals surface area contributed by atoms with Crippen molar-refractivity contribution in [2.75, 3.05) is 0 Å². The summed E-state index contributed by atoms with van der Waals surface area (Å²) in [6.45, 7) is 0.285. The van der Waals surface area contributed by atoms with Gasteiger partial charge in [0.2, 0.25) is 0 Å². The summed E-state index contributed by atoms with van der Waals surface area (Å²) in [6, 6.07) is 4.69. The van der Waals surface area contributed by atoms with Gasteiger partial charge in [-0.25, -0.2) is 0 Å². The van der Waals surface area contributed by atoms with Crippen molar-refractivity contribution in [2.45, 2.75) is 31.6 Å². The molecule has 5 heteroatoms. The molecule has 16 heavy (non-hydrogen) atoms. The zero-order valence-corrected chi connectivity index (χ0v) is 10.0. The molecular weight excluding hydrogens is 283 g/mol. The van der Waals surface area contributed by atoms with E-state index in [0.29, 0.717) is 16.1 Å². The number of hydrogen-bond donors (Lipinski definition) is 1. The maximum atomic E-state index is 12.7. The third-order valence-electron chi connectivity index (χ3n) is 2.54. The fraction of sp³-hybridized carbons (Fsp3) is 0.455. The van der Waals surface area contributed by atoms with Crippen molar-refractivity contribution in [1.29, 1.82) is 0 Å². The number of nitrogens with one attached hydrogen (secondary N) is 1. The van der Waals surface area contributed by atoms with Crippen molar-refractivity contribution >= 4 is 15.9 Å². The lowest BCUT2D eigenvalue weighted by atomic mass is 10.1. The Morgan fingerprint density at radius 2 is 2.00 bits per heavy atom. The SMILES string of the molecule is FC(F)(F)c1cc(Br)ccc1CNC1CC1. The zero-order chi connectivity index (χ0) is 11.8. The average molecular weight is 294 g/mol. The van der Waals surface area contributed by atoms with Crippen LogP contribution in [0, 0.1) is 0 Å². The first-order chi connectivity index (χ1) is 7.47. The Balaban J connectivity index is 2.20. The predicted octanol–water partition coefficient (Wildman–Crippen LogP) is 3.72. The van der Waals surface area contributed by atoms with E-state index in [1.54, 1.807) is 6.07 Å². The number of benzene rings is 1. The van der Waals surface area contributed by atoms with Crippen molar-refractivity contribution < 1.29 is 13.2 Å². The van der Waals surface area contributed by atoms with Crippen LogP contribution >= 0.6 is 15.9 Å². The number of halogens is 4. The van der Waals surface area contributed by atoms with Crippen molar-refractivity contribution in [3.63, 3.8) is 0 Å². The van der Waals surface area contributed by atoms with Crippen LogP contribution in [-0.2, 0) is 12.7 Å². The standard InChI is InChI=1S/C11H11BrF3N/c12-8-2-1-7(6-16-9-3-4-9)10(5-8)11(13,14)15/h1-2,5,9,16H,3-4,6H2. The highest BCUT2D eigenvalue weighted by Gasteiger charge is 2.33. The highest BCUT2D eigenvalue weighted by Crippen LogP contribution is 2.34. The normalized spacial score (nSPS) is 16.5. The summed E-state index contributed by atoms with van der Waals surface area (Å²) in [4.78, 5) is 0. The largest absolute Gasteiger partial charge is 0.416 e. The van der Waals surface area contributed by atoms with Gasteiger partial charge in [-0.05, 0) is 30.5 Å². The Morgan fingerprint density at radius 3 is 2.56 bits per heavy atom. The van der Waals surface area contributed by atoms with Crippen LogP contribution in [0.15, 0.2) is 22.7 Å². The molecule has 1 aromatic carbocycles. The van der Waals surface area contributed by atoms with Crippen LogP contribution < -0.4 is 5.32 Å². The van der Waals surface area contributed by atoms with Crippen LogP contribution in [0.1, 0.15) is 24.0 Å². The molecule has 1 nitrogen and oxygen atoms in total. The van der Waals surface area contributed by atoms with E-state index in [1.807, 2.05) is 0 Å². The van der Waals surface area contributed by atoms with Crippen molar-refractivity contribution in [1.82, 2.24) is 5.32 Å². The number of rotatable bonds is 3. The Morgan fingerprint density at radius 1 is 1.31 bits per heavy atom. The first-order valence-electron chi connectivity index (χ1n) is 5.06. The summed E-state index contributed by atoms with van der Waals surface area (Å²) in [5.74, 6) is 0. The topological polar surface area (TPSA) is 12.0 Å². The number of alkyl halides is 3. The van der Waals surface area contributed by atoms with Gasteiger partial charge in [0, 0.05) is 17.1 Å². The molecule has 0 aromatic heterocycles. The molecule has 0 atom stereocenters. The van der Waals surface area contributed by atoms with E-state index < -0.39 is 11.7 Å². The molecule has 1 fully saturated rings. The van der Waals surface area contributed by atoms with E-state index in [9.17, 15) is 13.2 Å². The lowest BCUT2D eigenvalue weighted by molar-refractivity contribution is -0.138. The van der Waals surface area contributed by atoms with Crippen molar-refractivity contribution in [3.8, 4) is 0 Å². The van der Waals surface area contributed by atoms with E-state index >= 15 is 0 Å². The molecule has 0 aliphatic heterocycles. The van der Waals surface area contributed by atoms with Crippen LogP contribution in [0.25, 0.3) is 0 Å². The van der Waals surface area contributed by atoms with Crippen LogP contribution in [-0.4, -0.2) is 6.04 Å². The van der Waals surface area contributed by atoms with Crippen LogP contribution in [0.2, 0.25) is 0 Å². The van der Waals surface area contributed by atoms with Crippen LogP contribution in [0.4, 0.5) is 13.2 Å². The monoisotopic (exact) mass is 293 g/mol. The average Bonchev–Trinajstić information content (AvgIpc) is 2.98. The Bertz CT molecular complexity index is 385. The van der Waals surface area contributed by atoms with Gasteiger partial charge in [-0.15, -0.1) is 0 Å². The van der Waals surface area contributed by atoms with Gasteiger partial charge in [-0.2, -0.15) is 13.2 Å². The molecule has 0 saturated heterocycles. The lowest BCUT2D eigenvalue weighted by Crippen LogP contribution is -2.19. The van der Waals surface area contributed by atoms with Crippen molar-refractivity contribution in [3.05, 3.63) is 33.8 Å². The fourth-order valence-corrected chi connectivity index (χ4v) is 1.87. The first kappa shape index (κ1) is 11.9. The number of hydrogen-bond acceptors (Lipinski definition) is 1. The van der Waals surface area contributed by atoms with Gasteiger partial charge in [0.25, 0.3) is 0 Å². The maximum absolute atomic E-state index is 12.7. The molecule has 0 heterocycles. The Hall–Kier alpha value is -0.550. The summed E-state index contributed by atoms with van der Waals surface area (Å²) in [6.07, 6.45) is -2.15. The van der Waals surface area contributed by atoms with E-state index in [-0.39, 0.29) is 6.54 Å². The van der Waals surface area contributed by atoms with Gasteiger partial charge in [-0.1, -0.05) is 22.0 Å². The second kappa shape index (κ2) is 4.37. The van der Waals surface area contributed by atoms with E-state index in [4.69, 9.17) is 0 Å². The zero-order valence-electron chi connectivity index (χ0n) is 8.44. The molecule has 1 aromatic rings. The quantitative estimate of drug-likeness (QED) is 0.896. The van der Waals surface area contributed by atoms with Gasteiger partial charge < -0.3 is 5.32 Å². The molecule has 1 aliphatic rings. The minimum Gasteiger partial charge on any atom is -0.310 e. The smallest absolute Gasteiger partial charge is 0.310 e. The molecule has 1 N–H and O–H groups in total. The third-order valence-corrected chi connectivity index (χ3v) is 3.03. The summed E-state index contributed by atoms with van der Waals surface area (Å²) in [5, 5.41) is 3.09. The highest BCUT2D eigenvalue weighted by atomic mass is 79.9. The molecule has 1 aliphatic carbocycles. The van der Waals surface area contributed by atoms with E-state index in [1.165, 1.54) is 6.07 Å². The van der Waals surface area contributed by atoms with Gasteiger partial charge in [0.15, 0.2) is 0 Å². The second-order valence-electron chi connectivity index (χ2n) is 3.95. The third kappa shape index (κ3) is 2.98. The Labute approximate surface area is 100 Å². The first-order valence-corrected chi connectivity index (χ1v) is 5.85. The predicted molar refractivity (Wildman–Crippen MR) is 59.0 cm³/mol. The highest BCUT2D eigenvalue weighted by molar-refractivity contribution is 9.10. The maximum Gasteiger partial charge on any atom is 0.416 e. The molecular formula is C11H11BrF3N. The molecule has 0 bridgehead atoms. The van der Waals surface area contributed by atoms with Crippen LogP contribution in [0.3, 0.4) is 0 Å². The summed E-state index contributed by atoms with van der Waals surface area (Å²) >= 11 is 3.06. The van der Waals surface area contributed by atoms with Gasteiger partial charge in [0.1, 0.15) is 0 Å². The minimum atomic E-state index is -4.29. The molecule has 2 rings (SSSR count). The summed E-state index contributed by atoms with van der Waals surface area (Å²) < 4.78 is 38.6. The molecule has 1 saturated carbocycles. The lowest BCUT2D eigenvalue weighted by Gasteiger charge is -2.13. The van der Waals surface area contributed by atoms with Gasteiger partial charge in [0.05, 0.1) is 5.56 Å².